The Labute approximate surface area is 202 Å². The molecule has 2 saturated heterocycles. The fraction of sp³-hybridized carbons (Fsp3) is 0.333. The number of aromatic nitrogens is 1. The zero-order chi connectivity index (χ0) is 23.9. The molecule has 0 radical (unpaired) electrons. The minimum absolute atomic E-state index is 0.0560. The Balaban J connectivity index is 1.09. The third kappa shape index (κ3) is 4.25. The molecule has 1 unspecified atom stereocenters. The van der Waals surface area contributed by atoms with E-state index in [9.17, 15) is 14.4 Å². The minimum atomic E-state index is -0.605. The van der Waals surface area contributed by atoms with Crippen molar-refractivity contribution in [1.82, 2.24) is 20.1 Å². The van der Waals surface area contributed by atoms with Crippen LogP contribution in [0.4, 0.5) is 0 Å². The van der Waals surface area contributed by atoms with Crippen LogP contribution in [-0.2, 0) is 22.7 Å². The molecule has 178 valence electrons. The van der Waals surface area contributed by atoms with Crippen LogP contribution in [0.3, 0.4) is 0 Å². The third-order valence-electron chi connectivity index (χ3n) is 7.14. The largest absolute Gasteiger partial charge is 0.489 e. The van der Waals surface area contributed by atoms with Gasteiger partial charge in [-0.15, -0.1) is 0 Å². The molecule has 8 nitrogen and oxygen atoms in total. The normalized spacial score (nSPS) is 22.5. The number of fused-ring (bicyclic) bond motifs is 2. The van der Waals surface area contributed by atoms with Crippen molar-refractivity contribution in [1.29, 1.82) is 0 Å². The van der Waals surface area contributed by atoms with E-state index in [2.05, 4.69) is 33.4 Å². The highest BCUT2D eigenvalue weighted by Gasteiger charge is 2.39. The van der Waals surface area contributed by atoms with Crippen LogP contribution in [0.5, 0.6) is 5.75 Å². The van der Waals surface area contributed by atoms with E-state index in [4.69, 9.17) is 4.74 Å². The van der Waals surface area contributed by atoms with Gasteiger partial charge in [0.25, 0.3) is 5.91 Å². The lowest BCUT2D eigenvalue weighted by Gasteiger charge is -2.29. The zero-order valence-corrected chi connectivity index (χ0v) is 19.3. The first-order valence-corrected chi connectivity index (χ1v) is 12.0. The van der Waals surface area contributed by atoms with Crippen LogP contribution in [-0.4, -0.2) is 57.7 Å². The topological polar surface area (TPSA) is 91.8 Å². The molecular weight excluding hydrogens is 444 g/mol. The van der Waals surface area contributed by atoms with Crippen LogP contribution in [0.25, 0.3) is 10.8 Å². The number of rotatable bonds is 5. The maximum absolute atomic E-state index is 13.1. The van der Waals surface area contributed by atoms with Gasteiger partial charge in [0.15, 0.2) is 0 Å². The second kappa shape index (κ2) is 8.78. The Bertz CT molecular complexity index is 1340. The van der Waals surface area contributed by atoms with E-state index < -0.39 is 11.9 Å². The molecule has 0 bridgehead atoms. The summed E-state index contributed by atoms with van der Waals surface area (Å²) in [5.74, 6) is -0.186. The smallest absolute Gasteiger partial charge is 0.255 e. The number of ether oxygens (including phenoxy) is 1. The van der Waals surface area contributed by atoms with Crippen molar-refractivity contribution in [3.63, 3.8) is 0 Å². The van der Waals surface area contributed by atoms with Crippen LogP contribution in [0.2, 0.25) is 0 Å². The van der Waals surface area contributed by atoms with Crippen LogP contribution in [0, 0.1) is 0 Å². The molecule has 2 fully saturated rings. The summed E-state index contributed by atoms with van der Waals surface area (Å²) in [4.78, 5) is 44.9. The maximum atomic E-state index is 13.1. The quantitative estimate of drug-likeness (QED) is 0.577. The van der Waals surface area contributed by atoms with Gasteiger partial charge in [0.2, 0.25) is 11.8 Å². The molecule has 3 aliphatic rings. The number of hydrogen-bond acceptors (Lipinski definition) is 6. The summed E-state index contributed by atoms with van der Waals surface area (Å²) in [6, 6.07) is 13.5. The molecule has 0 aliphatic carbocycles. The lowest BCUT2D eigenvalue weighted by molar-refractivity contribution is -0.136. The first-order chi connectivity index (χ1) is 17.0. The minimum Gasteiger partial charge on any atom is -0.489 e. The molecule has 2 aromatic carbocycles. The molecule has 2 atom stereocenters. The van der Waals surface area contributed by atoms with Crippen molar-refractivity contribution < 1.29 is 19.1 Å². The zero-order valence-electron chi connectivity index (χ0n) is 19.3. The van der Waals surface area contributed by atoms with Crippen molar-refractivity contribution in [2.75, 3.05) is 13.1 Å². The summed E-state index contributed by atoms with van der Waals surface area (Å²) < 4.78 is 6.26. The lowest BCUT2D eigenvalue weighted by Crippen LogP contribution is -2.52. The van der Waals surface area contributed by atoms with E-state index in [1.807, 2.05) is 30.6 Å². The number of carbonyl (C=O) groups excluding carboxylic acids is 3. The number of pyridine rings is 1. The van der Waals surface area contributed by atoms with Gasteiger partial charge in [-0.2, -0.15) is 0 Å². The molecular formula is C27H26N4O4. The van der Waals surface area contributed by atoms with Gasteiger partial charge >= 0.3 is 0 Å². The molecule has 0 spiro atoms. The number of imide groups is 1. The maximum Gasteiger partial charge on any atom is 0.255 e. The Morgan fingerprint density at radius 2 is 1.94 bits per heavy atom. The number of hydrogen-bond donors (Lipinski definition) is 1. The van der Waals surface area contributed by atoms with Gasteiger partial charge in [-0.1, -0.05) is 18.2 Å². The van der Waals surface area contributed by atoms with Crippen LogP contribution in [0.1, 0.15) is 40.7 Å². The molecule has 3 aliphatic heterocycles. The number of likely N-dealkylation sites (tertiary alicyclic amines) is 1. The second-order valence-electron chi connectivity index (χ2n) is 9.54. The van der Waals surface area contributed by atoms with Gasteiger partial charge in [0.05, 0.1) is 0 Å². The summed E-state index contributed by atoms with van der Waals surface area (Å²) in [6.07, 6.45) is 5.28. The number of amides is 3. The fourth-order valence-electron chi connectivity index (χ4n) is 5.33. The first-order valence-electron chi connectivity index (χ1n) is 12.0. The molecule has 6 rings (SSSR count). The Kier molecular flexibility index (Phi) is 5.45. The van der Waals surface area contributed by atoms with Crippen molar-refractivity contribution >= 4 is 28.5 Å². The molecule has 3 amide bonds. The first kappa shape index (κ1) is 21.7. The Hall–Kier alpha value is -3.78. The molecule has 0 saturated carbocycles. The molecule has 8 heteroatoms. The molecule has 4 heterocycles. The Morgan fingerprint density at radius 1 is 1.03 bits per heavy atom. The van der Waals surface area contributed by atoms with Crippen LogP contribution in [0.15, 0.2) is 54.9 Å². The predicted molar refractivity (Wildman–Crippen MR) is 129 cm³/mol. The second-order valence-corrected chi connectivity index (χ2v) is 9.54. The average Bonchev–Trinajstić information content (AvgIpc) is 3.43. The van der Waals surface area contributed by atoms with Crippen LogP contribution >= 0.6 is 0 Å². The molecule has 35 heavy (non-hydrogen) atoms. The average molecular weight is 471 g/mol. The van der Waals surface area contributed by atoms with Crippen molar-refractivity contribution in [3.8, 4) is 5.75 Å². The highest BCUT2D eigenvalue weighted by molar-refractivity contribution is 6.05. The van der Waals surface area contributed by atoms with Crippen LogP contribution < -0.4 is 10.1 Å². The highest BCUT2D eigenvalue weighted by Crippen LogP contribution is 2.31. The molecule has 1 N–H and O–H groups in total. The SMILES string of the molecule is O=C1CCC(N2Cc3ccc(O[C@H]4CCN(Cc5ccc6cnccc6c5)C4)cc3C2=O)C(=O)N1. The van der Waals surface area contributed by atoms with E-state index in [0.717, 1.165) is 37.0 Å². The monoisotopic (exact) mass is 470 g/mol. The number of carbonyl (C=O) groups is 3. The van der Waals surface area contributed by atoms with Gasteiger partial charge in [-0.3, -0.25) is 29.6 Å². The third-order valence-corrected chi connectivity index (χ3v) is 7.14. The van der Waals surface area contributed by atoms with Gasteiger partial charge in [-0.05, 0) is 53.6 Å². The molecule has 1 aromatic heterocycles. The molecule has 3 aromatic rings. The van der Waals surface area contributed by atoms with E-state index in [1.54, 1.807) is 11.0 Å². The van der Waals surface area contributed by atoms with E-state index >= 15 is 0 Å². The van der Waals surface area contributed by atoms with E-state index in [-0.39, 0.29) is 24.3 Å². The summed E-state index contributed by atoms with van der Waals surface area (Å²) >= 11 is 0. The Morgan fingerprint density at radius 3 is 2.83 bits per heavy atom. The van der Waals surface area contributed by atoms with E-state index in [1.165, 1.54) is 10.9 Å². The van der Waals surface area contributed by atoms with Crippen molar-refractivity contribution in [3.05, 3.63) is 71.5 Å². The lowest BCUT2D eigenvalue weighted by atomic mass is 10.0. The van der Waals surface area contributed by atoms with Gasteiger partial charge in [0, 0.05) is 55.9 Å². The summed E-state index contributed by atoms with van der Waals surface area (Å²) in [6.45, 7) is 3.01. The predicted octanol–water partition coefficient (Wildman–Crippen LogP) is 2.65. The fourth-order valence-corrected chi connectivity index (χ4v) is 5.33. The van der Waals surface area contributed by atoms with Crippen molar-refractivity contribution in [2.45, 2.75) is 44.5 Å². The summed E-state index contributed by atoms with van der Waals surface area (Å²) in [7, 11) is 0. The van der Waals surface area contributed by atoms with Gasteiger partial charge < -0.3 is 9.64 Å². The highest BCUT2D eigenvalue weighted by atomic mass is 16.5. The standard InChI is InChI=1S/C27H26N4O4/c32-25-6-5-24(26(33)29-25)31-15-20-3-4-21(12-23(20)27(31)34)35-22-8-10-30(16-22)14-17-1-2-19-13-28-9-7-18(19)11-17/h1-4,7,9,11-13,22,24H,5-6,8,10,14-16H2,(H,29,32,33)/t22-,24?/m0/s1. The number of nitrogens with one attached hydrogen (secondary N) is 1. The number of benzene rings is 2. The van der Waals surface area contributed by atoms with E-state index in [0.29, 0.717) is 24.3 Å². The number of nitrogens with zero attached hydrogens (tertiary/aromatic N) is 3. The van der Waals surface area contributed by atoms with Gasteiger partial charge in [0.1, 0.15) is 17.9 Å². The summed E-state index contributed by atoms with van der Waals surface area (Å²) in [5.41, 5.74) is 2.72. The van der Waals surface area contributed by atoms with Crippen molar-refractivity contribution in [2.24, 2.45) is 0 Å². The number of piperidine rings is 1. The summed E-state index contributed by atoms with van der Waals surface area (Å²) in [5, 5.41) is 4.67. The van der Waals surface area contributed by atoms with Gasteiger partial charge in [-0.25, -0.2) is 0 Å².